The van der Waals surface area contributed by atoms with Crippen LogP contribution in [0, 0.1) is 0 Å². The minimum Gasteiger partial charge on any atom is -0.370 e. The zero-order chi connectivity index (χ0) is 14.3. The van der Waals surface area contributed by atoms with Crippen LogP contribution < -0.4 is 5.32 Å². The lowest BCUT2D eigenvalue weighted by Gasteiger charge is -2.17. The summed E-state index contributed by atoms with van der Waals surface area (Å²) >= 11 is 1.84. The van der Waals surface area contributed by atoms with Crippen LogP contribution >= 0.6 is 11.8 Å². The minimum atomic E-state index is 0.919. The van der Waals surface area contributed by atoms with Gasteiger partial charge in [-0.25, -0.2) is 0 Å². The second kappa shape index (κ2) is 7.27. The highest BCUT2D eigenvalue weighted by Crippen LogP contribution is 2.26. The molecule has 21 heavy (non-hydrogen) atoms. The molecule has 0 spiro atoms. The number of benzene rings is 1. The standard InChI is InChI=1S/C17H19N3S/c1-2-8-16(15(7-1)17-19-10-5-11-20-17)21-13-14-6-3-4-9-18-12-14/h1-3,6-9,12H,4-5,10-11,13H2,(H,19,20). The molecule has 0 fully saturated rings. The van der Waals surface area contributed by atoms with Crippen molar-refractivity contribution in [3.05, 3.63) is 53.8 Å². The first-order valence-electron chi connectivity index (χ1n) is 7.31. The summed E-state index contributed by atoms with van der Waals surface area (Å²) in [5, 5.41) is 3.41. The monoisotopic (exact) mass is 297 g/mol. The van der Waals surface area contributed by atoms with Crippen molar-refractivity contribution >= 4 is 23.8 Å². The number of nitrogens with zero attached hydrogens (tertiary/aromatic N) is 2. The zero-order valence-corrected chi connectivity index (χ0v) is 12.8. The van der Waals surface area contributed by atoms with Gasteiger partial charge in [-0.15, -0.1) is 11.8 Å². The normalized spacial score (nSPS) is 17.7. The van der Waals surface area contributed by atoms with Crippen molar-refractivity contribution in [3.8, 4) is 0 Å². The van der Waals surface area contributed by atoms with Gasteiger partial charge in [0.15, 0.2) is 0 Å². The predicted molar refractivity (Wildman–Crippen MR) is 91.5 cm³/mol. The Balaban J connectivity index is 1.75. The van der Waals surface area contributed by atoms with Gasteiger partial charge in [0.05, 0.1) is 0 Å². The van der Waals surface area contributed by atoms with E-state index in [-0.39, 0.29) is 0 Å². The van der Waals surface area contributed by atoms with E-state index in [1.165, 1.54) is 16.0 Å². The van der Waals surface area contributed by atoms with Crippen molar-refractivity contribution in [2.75, 3.05) is 18.8 Å². The summed E-state index contributed by atoms with van der Waals surface area (Å²) < 4.78 is 0. The third-order valence-corrected chi connectivity index (χ3v) is 4.50. The Hall–Kier alpha value is -1.81. The first kappa shape index (κ1) is 14.1. The maximum Gasteiger partial charge on any atom is 0.129 e. The molecule has 0 radical (unpaired) electrons. The van der Waals surface area contributed by atoms with Gasteiger partial charge < -0.3 is 5.32 Å². The number of thioether (sulfide) groups is 1. The van der Waals surface area contributed by atoms with Crippen LogP contribution in [0.3, 0.4) is 0 Å². The van der Waals surface area contributed by atoms with Gasteiger partial charge >= 0.3 is 0 Å². The molecule has 1 N–H and O–H groups in total. The topological polar surface area (TPSA) is 36.8 Å². The van der Waals surface area contributed by atoms with E-state index >= 15 is 0 Å². The molecular formula is C17H19N3S. The zero-order valence-electron chi connectivity index (χ0n) is 12.0. The molecule has 2 heterocycles. The van der Waals surface area contributed by atoms with Crippen LogP contribution in [0.1, 0.15) is 18.4 Å². The highest BCUT2D eigenvalue weighted by Gasteiger charge is 2.11. The van der Waals surface area contributed by atoms with Crippen LogP contribution in [0.15, 0.2) is 63.1 Å². The molecule has 0 unspecified atom stereocenters. The Bertz CT molecular complexity index is 614. The number of nitrogens with one attached hydrogen (secondary N) is 1. The summed E-state index contributed by atoms with van der Waals surface area (Å²) in [5.74, 6) is 1.96. The summed E-state index contributed by atoms with van der Waals surface area (Å²) in [5.41, 5.74) is 2.46. The highest BCUT2D eigenvalue weighted by molar-refractivity contribution is 7.99. The molecule has 108 valence electrons. The Labute approximate surface area is 130 Å². The van der Waals surface area contributed by atoms with Crippen molar-refractivity contribution < 1.29 is 0 Å². The number of rotatable bonds is 4. The molecule has 0 amide bonds. The van der Waals surface area contributed by atoms with Crippen LogP contribution in [0.25, 0.3) is 0 Å². The first-order chi connectivity index (χ1) is 10.4. The second-order valence-electron chi connectivity index (χ2n) is 4.97. The van der Waals surface area contributed by atoms with E-state index in [1.54, 1.807) is 0 Å². The molecule has 0 aromatic heterocycles. The van der Waals surface area contributed by atoms with E-state index in [9.17, 15) is 0 Å². The van der Waals surface area contributed by atoms with Gasteiger partial charge in [-0.1, -0.05) is 30.4 Å². The number of hydrogen-bond donors (Lipinski definition) is 1. The van der Waals surface area contributed by atoms with Gasteiger partial charge in [0.1, 0.15) is 5.84 Å². The molecule has 2 aliphatic rings. The van der Waals surface area contributed by atoms with E-state index in [1.807, 2.05) is 24.2 Å². The van der Waals surface area contributed by atoms with E-state index in [0.29, 0.717) is 0 Å². The molecule has 1 aromatic rings. The van der Waals surface area contributed by atoms with Crippen molar-refractivity contribution in [2.24, 2.45) is 9.98 Å². The molecule has 0 bridgehead atoms. The van der Waals surface area contributed by atoms with Crippen molar-refractivity contribution in [3.63, 3.8) is 0 Å². The molecule has 4 heteroatoms. The van der Waals surface area contributed by atoms with Crippen LogP contribution in [-0.2, 0) is 0 Å². The third kappa shape index (κ3) is 3.85. The number of amidine groups is 1. The summed E-state index contributed by atoms with van der Waals surface area (Å²) in [6.07, 6.45) is 10.2. The van der Waals surface area contributed by atoms with Gasteiger partial charge in [-0.05, 0) is 18.1 Å². The maximum absolute atomic E-state index is 4.61. The molecular weight excluding hydrogens is 278 g/mol. The van der Waals surface area contributed by atoms with Crippen LogP contribution in [0.5, 0.6) is 0 Å². The number of aliphatic imine (C=N–C) groups is 2. The van der Waals surface area contributed by atoms with Gasteiger partial charge in [-0.2, -0.15) is 0 Å². The van der Waals surface area contributed by atoms with Crippen LogP contribution in [0.2, 0.25) is 0 Å². The smallest absolute Gasteiger partial charge is 0.129 e. The van der Waals surface area contributed by atoms with Gasteiger partial charge in [0.25, 0.3) is 0 Å². The largest absolute Gasteiger partial charge is 0.370 e. The van der Waals surface area contributed by atoms with Gasteiger partial charge in [0.2, 0.25) is 0 Å². The average Bonchev–Trinajstić information content (AvgIpc) is 2.83. The van der Waals surface area contributed by atoms with E-state index in [0.717, 1.165) is 37.5 Å². The lowest BCUT2D eigenvalue weighted by Crippen LogP contribution is -2.30. The van der Waals surface area contributed by atoms with Gasteiger partial charge in [0, 0.05) is 48.1 Å². The predicted octanol–water partition coefficient (Wildman–Crippen LogP) is 3.43. The summed E-state index contributed by atoms with van der Waals surface area (Å²) in [7, 11) is 0. The van der Waals surface area contributed by atoms with Crippen LogP contribution in [0.4, 0.5) is 0 Å². The summed E-state index contributed by atoms with van der Waals surface area (Å²) in [6, 6.07) is 8.48. The number of hydrogen-bond acceptors (Lipinski definition) is 4. The van der Waals surface area contributed by atoms with Crippen molar-refractivity contribution in [1.82, 2.24) is 5.32 Å². The molecule has 0 saturated carbocycles. The quantitative estimate of drug-likeness (QED) is 0.864. The molecule has 0 atom stereocenters. The second-order valence-corrected chi connectivity index (χ2v) is 5.99. The van der Waals surface area contributed by atoms with Crippen molar-refractivity contribution in [2.45, 2.75) is 17.7 Å². The Morgan fingerprint density at radius 3 is 3.10 bits per heavy atom. The molecule has 2 aliphatic heterocycles. The highest BCUT2D eigenvalue weighted by atomic mass is 32.2. The Morgan fingerprint density at radius 2 is 2.19 bits per heavy atom. The number of allylic oxidation sites excluding steroid dienone is 2. The summed E-state index contributed by atoms with van der Waals surface area (Å²) in [6.45, 7) is 1.93. The fraction of sp³-hybridized carbons (Fsp3) is 0.294. The van der Waals surface area contributed by atoms with E-state index in [4.69, 9.17) is 0 Å². The van der Waals surface area contributed by atoms with Gasteiger partial charge in [-0.3, -0.25) is 9.98 Å². The maximum atomic E-state index is 4.61. The lowest BCUT2D eigenvalue weighted by atomic mass is 10.2. The lowest BCUT2D eigenvalue weighted by molar-refractivity contribution is 0.741. The third-order valence-electron chi connectivity index (χ3n) is 3.35. The van der Waals surface area contributed by atoms with E-state index < -0.39 is 0 Å². The fourth-order valence-electron chi connectivity index (χ4n) is 2.28. The molecule has 3 nitrogen and oxygen atoms in total. The molecule has 0 aliphatic carbocycles. The average molecular weight is 297 g/mol. The first-order valence-corrected chi connectivity index (χ1v) is 8.30. The Kier molecular flexibility index (Phi) is 4.90. The fourth-order valence-corrected chi connectivity index (χ4v) is 3.27. The molecule has 0 saturated heterocycles. The molecule has 1 aromatic carbocycles. The Morgan fingerprint density at radius 1 is 1.24 bits per heavy atom. The SMILES string of the molecule is C1=CC(CSc2ccccc2C2=NCCCN2)=CN=CC1. The molecule has 3 rings (SSSR count). The minimum absolute atomic E-state index is 0.919. The summed E-state index contributed by atoms with van der Waals surface area (Å²) in [4.78, 5) is 10.2. The van der Waals surface area contributed by atoms with E-state index in [2.05, 4.69) is 51.7 Å². The van der Waals surface area contributed by atoms with Crippen molar-refractivity contribution in [1.29, 1.82) is 0 Å². The van der Waals surface area contributed by atoms with Crippen LogP contribution in [-0.4, -0.2) is 30.9 Å².